The number of carbonyl (C=O) groups is 1. The van der Waals surface area contributed by atoms with E-state index in [0.29, 0.717) is 30.8 Å². The quantitative estimate of drug-likeness (QED) is 0.249. The Morgan fingerprint density at radius 2 is 1.65 bits per heavy atom. The fraction of sp³-hybridized carbons (Fsp3) is 0.815. The van der Waals surface area contributed by atoms with Crippen molar-refractivity contribution in [3.63, 3.8) is 0 Å². The summed E-state index contributed by atoms with van der Waals surface area (Å²) < 4.78 is 0. The summed E-state index contributed by atoms with van der Waals surface area (Å²) in [6.45, 7) is 7.24. The molecule has 0 spiro atoms. The van der Waals surface area contributed by atoms with Crippen LogP contribution in [-0.4, -0.2) is 90.9 Å². The fourth-order valence-electron chi connectivity index (χ4n) is 6.03. The third-order valence-electron chi connectivity index (χ3n) is 8.30. The van der Waals surface area contributed by atoms with E-state index in [4.69, 9.17) is 15.8 Å². The van der Waals surface area contributed by atoms with E-state index >= 15 is 0 Å². The summed E-state index contributed by atoms with van der Waals surface area (Å²) in [5.74, 6) is 2.52. The lowest BCUT2D eigenvalue weighted by molar-refractivity contribution is -0.138. The summed E-state index contributed by atoms with van der Waals surface area (Å²) in [4.78, 5) is 24.2. The maximum absolute atomic E-state index is 10.9. The summed E-state index contributed by atoms with van der Waals surface area (Å²) >= 11 is 0. The van der Waals surface area contributed by atoms with E-state index < -0.39 is 5.97 Å². The number of aromatic nitrogens is 2. The van der Waals surface area contributed by atoms with Gasteiger partial charge in [-0.25, -0.2) is 0 Å². The normalized spacial score (nSPS) is 23.7. The molecule has 37 heavy (non-hydrogen) atoms. The highest BCUT2D eigenvalue weighted by Crippen LogP contribution is 2.29. The summed E-state index contributed by atoms with van der Waals surface area (Å²) in [5.41, 5.74) is 6.08. The Morgan fingerprint density at radius 1 is 0.946 bits per heavy atom. The third kappa shape index (κ3) is 9.57. The van der Waals surface area contributed by atoms with Gasteiger partial charge in [-0.1, -0.05) is 19.3 Å². The number of nitrogens with two attached hydrogens (primary N) is 1. The Morgan fingerprint density at radius 3 is 2.35 bits per heavy atom. The Hall–Kier alpha value is -2.17. The molecule has 0 unspecified atom stereocenters. The molecule has 0 aromatic carbocycles. The van der Waals surface area contributed by atoms with Gasteiger partial charge in [0.05, 0.1) is 6.54 Å². The van der Waals surface area contributed by atoms with Gasteiger partial charge in [0.15, 0.2) is 0 Å². The summed E-state index contributed by atoms with van der Waals surface area (Å²) in [6, 6.07) is 2.57. The number of hydrogen-bond donors (Lipinski definition) is 5. The first-order valence-electron chi connectivity index (χ1n) is 14.6. The van der Waals surface area contributed by atoms with Gasteiger partial charge >= 0.3 is 5.97 Å². The van der Waals surface area contributed by atoms with Gasteiger partial charge in [-0.15, -0.1) is 0 Å². The number of hydrogen-bond acceptors (Lipinski definition) is 9. The van der Waals surface area contributed by atoms with Gasteiger partial charge in [-0.3, -0.25) is 9.69 Å². The van der Waals surface area contributed by atoms with Crippen molar-refractivity contribution < 1.29 is 9.90 Å². The van der Waals surface area contributed by atoms with Crippen molar-refractivity contribution in [2.24, 2.45) is 11.8 Å². The number of anilines is 3. The van der Waals surface area contributed by atoms with Gasteiger partial charge in [0, 0.05) is 44.8 Å². The van der Waals surface area contributed by atoms with Crippen LogP contribution in [0.4, 0.5) is 17.6 Å². The van der Waals surface area contributed by atoms with E-state index in [9.17, 15) is 4.79 Å². The van der Waals surface area contributed by atoms with Gasteiger partial charge < -0.3 is 31.7 Å². The molecule has 1 aliphatic heterocycles. The Balaban J connectivity index is 1.09. The van der Waals surface area contributed by atoms with Gasteiger partial charge in [-0.2, -0.15) is 9.97 Å². The standard InChI is InChI=1S/C27H48N8O2/c28-24-17-25(35-15-13-34(14-16-35)20-26(36)37)33-27(32-24)31-19-22-9-7-21(8-10-22)18-29-11-4-12-30-23-5-2-1-3-6-23/h17,21-23,29-30H,1-16,18-20H2,(H,36,37)(H3,28,31,32,33). The molecular weight excluding hydrogens is 468 g/mol. The smallest absolute Gasteiger partial charge is 0.317 e. The van der Waals surface area contributed by atoms with Crippen molar-refractivity contribution in [1.29, 1.82) is 0 Å². The van der Waals surface area contributed by atoms with Crippen LogP contribution in [-0.2, 0) is 4.79 Å². The van der Waals surface area contributed by atoms with Gasteiger partial charge in [0.1, 0.15) is 11.6 Å². The highest BCUT2D eigenvalue weighted by Gasteiger charge is 2.23. The van der Waals surface area contributed by atoms with Crippen molar-refractivity contribution >= 4 is 23.6 Å². The number of rotatable bonds is 13. The zero-order valence-corrected chi connectivity index (χ0v) is 22.5. The molecule has 0 bridgehead atoms. The fourth-order valence-corrected chi connectivity index (χ4v) is 6.03. The molecule has 2 aliphatic carbocycles. The molecule has 0 radical (unpaired) electrons. The van der Waals surface area contributed by atoms with Crippen LogP contribution >= 0.6 is 0 Å². The number of nitrogens with one attached hydrogen (secondary N) is 3. The number of aliphatic carboxylic acids is 1. The van der Waals surface area contributed by atoms with Crippen molar-refractivity contribution in [1.82, 2.24) is 25.5 Å². The van der Waals surface area contributed by atoms with Crippen LogP contribution in [0.2, 0.25) is 0 Å². The Bertz CT molecular complexity index is 819. The van der Waals surface area contributed by atoms with E-state index in [1.54, 1.807) is 0 Å². The number of piperazine rings is 1. The number of carboxylic acid groups (broad SMARTS) is 1. The van der Waals surface area contributed by atoms with Crippen LogP contribution in [0, 0.1) is 11.8 Å². The molecule has 0 atom stereocenters. The third-order valence-corrected chi connectivity index (χ3v) is 8.30. The second-order valence-corrected chi connectivity index (χ2v) is 11.2. The molecule has 2 saturated carbocycles. The molecule has 1 aromatic heterocycles. The van der Waals surface area contributed by atoms with Crippen molar-refractivity contribution in [2.75, 3.05) is 74.9 Å². The Labute approximate surface area is 222 Å². The highest BCUT2D eigenvalue weighted by molar-refractivity contribution is 5.69. The van der Waals surface area contributed by atoms with Crippen LogP contribution in [0.15, 0.2) is 6.07 Å². The molecule has 1 aromatic rings. The van der Waals surface area contributed by atoms with Crippen molar-refractivity contribution in [3.8, 4) is 0 Å². The molecule has 10 nitrogen and oxygen atoms in total. The zero-order chi connectivity index (χ0) is 25.9. The van der Waals surface area contributed by atoms with Crippen molar-refractivity contribution in [2.45, 2.75) is 70.3 Å². The molecule has 6 N–H and O–H groups in total. The highest BCUT2D eigenvalue weighted by atomic mass is 16.4. The van der Waals surface area contributed by atoms with Crippen LogP contribution < -0.4 is 26.6 Å². The maximum Gasteiger partial charge on any atom is 0.317 e. The van der Waals surface area contributed by atoms with E-state index in [0.717, 1.165) is 57.0 Å². The molecular formula is C27H48N8O2. The minimum atomic E-state index is -0.783. The summed E-state index contributed by atoms with van der Waals surface area (Å²) in [5, 5.41) is 19.9. The van der Waals surface area contributed by atoms with Crippen LogP contribution in [0.3, 0.4) is 0 Å². The SMILES string of the molecule is Nc1cc(N2CCN(CC(=O)O)CC2)nc(NCC2CCC(CNCCCNC3CCCCC3)CC2)n1. The lowest BCUT2D eigenvalue weighted by Crippen LogP contribution is -2.48. The maximum atomic E-state index is 10.9. The molecule has 4 rings (SSSR count). The van der Waals surface area contributed by atoms with Gasteiger partial charge in [0.25, 0.3) is 0 Å². The van der Waals surface area contributed by atoms with E-state index in [2.05, 4.69) is 25.8 Å². The van der Waals surface area contributed by atoms with E-state index in [1.165, 1.54) is 64.2 Å². The average Bonchev–Trinajstić information content (AvgIpc) is 2.90. The molecule has 0 amide bonds. The molecule has 10 heteroatoms. The monoisotopic (exact) mass is 516 g/mol. The second-order valence-electron chi connectivity index (χ2n) is 11.2. The average molecular weight is 517 g/mol. The molecule has 3 fully saturated rings. The van der Waals surface area contributed by atoms with E-state index in [-0.39, 0.29) is 6.54 Å². The summed E-state index contributed by atoms with van der Waals surface area (Å²) in [7, 11) is 0. The Kier molecular flexibility index (Phi) is 11.1. The molecule has 3 aliphatic rings. The largest absolute Gasteiger partial charge is 0.480 e. The molecule has 2 heterocycles. The van der Waals surface area contributed by atoms with Crippen LogP contribution in [0.25, 0.3) is 0 Å². The molecule has 1 saturated heterocycles. The number of nitrogens with zero attached hydrogens (tertiary/aromatic N) is 4. The second kappa shape index (κ2) is 14.7. The van der Waals surface area contributed by atoms with Gasteiger partial charge in [0.2, 0.25) is 5.95 Å². The van der Waals surface area contributed by atoms with Crippen molar-refractivity contribution in [3.05, 3.63) is 6.07 Å². The minimum absolute atomic E-state index is 0.0860. The summed E-state index contributed by atoms with van der Waals surface area (Å²) in [6.07, 6.45) is 13.2. The first-order chi connectivity index (χ1) is 18.0. The van der Waals surface area contributed by atoms with Crippen LogP contribution in [0.1, 0.15) is 64.2 Å². The van der Waals surface area contributed by atoms with Gasteiger partial charge in [-0.05, 0) is 76.4 Å². The van der Waals surface area contributed by atoms with Crippen LogP contribution in [0.5, 0.6) is 0 Å². The van der Waals surface area contributed by atoms with E-state index in [1.807, 2.05) is 11.0 Å². The predicted molar refractivity (Wildman–Crippen MR) is 149 cm³/mol. The lowest BCUT2D eigenvalue weighted by Gasteiger charge is -2.34. The minimum Gasteiger partial charge on any atom is -0.480 e. The predicted octanol–water partition coefficient (Wildman–Crippen LogP) is 2.39. The number of carboxylic acids is 1. The zero-order valence-electron chi connectivity index (χ0n) is 22.5. The molecule has 208 valence electrons. The first kappa shape index (κ1) is 27.9. The number of nitrogen functional groups attached to an aromatic ring is 1. The lowest BCUT2D eigenvalue weighted by atomic mass is 9.82. The first-order valence-corrected chi connectivity index (χ1v) is 14.6. The topological polar surface area (TPSA) is 132 Å².